The summed E-state index contributed by atoms with van der Waals surface area (Å²) in [7, 11) is 0. The molecule has 0 amide bonds. The predicted molar refractivity (Wildman–Crippen MR) is 76.3 cm³/mol. The first kappa shape index (κ1) is 12.6. The molecule has 0 atom stereocenters. The van der Waals surface area contributed by atoms with Crippen LogP contribution in [0.5, 0.6) is 0 Å². The largest absolute Gasteiger partial charge is 0.461 e. The molecule has 1 aromatic heterocycles. The maximum atomic E-state index is 11.0. The zero-order valence-electron chi connectivity index (χ0n) is 9.17. The normalized spacial score (nSPS) is 10.5. The van der Waals surface area contributed by atoms with Gasteiger partial charge in [-0.05, 0) is 59.8 Å². The molecular formula is C13H10ClIO2. The van der Waals surface area contributed by atoms with Gasteiger partial charge in [0.05, 0.1) is 11.4 Å². The van der Waals surface area contributed by atoms with Gasteiger partial charge < -0.3 is 4.42 Å². The van der Waals surface area contributed by atoms with E-state index in [1.165, 1.54) is 0 Å². The van der Waals surface area contributed by atoms with Crippen molar-refractivity contribution in [2.75, 3.05) is 0 Å². The van der Waals surface area contributed by atoms with Crippen LogP contribution in [0, 0.1) is 3.57 Å². The maximum Gasteiger partial charge on any atom is 0.137 e. The molecular weight excluding hydrogens is 350 g/mol. The van der Waals surface area contributed by atoms with Crippen LogP contribution in [0.3, 0.4) is 0 Å². The minimum absolute atomic E-state index is 0.0830. The second-order valence-electron chi connectivity index (χ2n) is 3.77. The van der Waals surface area contributed by atoms with Gasteiger partial charge in [0.2, 0.25) is 0 Å². The first-order chi connectivity index (χ1) is 8.06. The van der Waals surface area contributed by atoms with Crippen molar-refractivity contribution in [3.05, 3.63) is 44.7 Å². The highest BCUT2D eigenvalue weighted by atomic mass is 127. The van der Waals surface area contributed by atoms with Crippen molar-refractivity contribution in [1.29, 1.82) is 0 Å². The number of ketones is 1. The fourth-order valence-electron chi connectivity index (χ4n) is 1.55. The first-order valence-corrected chi connectivity index (χ1v) is 6.55. The van der Waals surface area contributed by atoms with Crippen LogP contribution in [0.4, 0.5) is 0 Å². The van der Waals surface area contributed by atoms with E-state index >= 15 is 0 Å². The smallest absolute Gasteiger partial charge is 0.137 e. The van der Waals surface area contributed by atoms with Crippen LogP contribution in [-0.4, -0.2) is 5.78 Å². The predicted octanol–water partition coefficient (Wildman–Crippen LogP) is 4.34. The number of hydrogen-bond acceptors (Lipinski definition) is 2. The molecule has 0 bridgehead atoms. The van der Waals surface area contributed by atoms with Crippen LogP contribution in [0.15, 0.2) is 34.7 Å². The molecule has 0 unspecified atom stereocenters. The van der Waals surface area contributed by atoms with E-state index < -0.39 is 0 Å². The molecule has 0 saturated heterocycles. The number of carbonyl (C=O) groups is 1. The molecule has 0 saturated carbocycles. The number of Topliss-reactive ketones (excluding diaryl/α,β-unsaturated/α-hetero) is 1. The third-order valence-electron chi connectivity index (χ3n) is 2.28. The standard InChI is InChI=1S/C13H10ClIO2/c1-8(16)6-10-3-5-13(17-10)11-4-2-9(15)7-12(11)14/h2-5,7H,6H2,1H3. The summed E-state index contributed by atoms with van der Waals surface area (Å²) < 4.78 is 6.67. The molecule has 2 nitrogen and oxygen atoms in total. The van der Waals surface area contributed by atoms with E-state index in [2.05, 4.69) is 22.6 Å². The van der Waals surface area contributed by atoms with Crippen molar-refractivity contribution in [3.8, 4) is 11.3 Å². The molecule has 0 fully saturated rings. The average molecular weight is 361 g/mol. The van der Waals surface area contributed by atoms with Crippen LogP contribution in [0.2, 0.25) is 5.02 Å². The van der Waals surface area contributed by atoms with Crippen LogP contribution >= 0.6 is 34.2 Å². The Kier molecular flexibility index (Phi) is 3.89. The Balaban J connectivity index is 2.33. The van der Waals surface area contributed by atoms with E-state index in [9.17, 15) is 4.79 Å². The fourth-order valence-corrected chi connectivity index (χ4v) is 2.50. The highest BCUT2D eigenvalue weighted by Gasteiger charge is 2.09. The highest BCUT2D eigenvalue weighted by Crippen LogP contribution is 2.30. The molecule has 0 aliphatic carbocycles. The third kappa shape index (κ3) is 3.10. The van der Waals surface area contributed by atoms with E-state index in [4.69, 9.17) is 16.0 Å². The van der Waals surface area contributed by atoms with E-state index in [0.29, 0.717) is 23.0 Å². The number of rotatable bonds is 3. The summed E-state index contributed by atoms with van der Waals surface area (Å²) in [6, 6.07) is 9.41. The van der Waals surface area contributed by atoms with Crippen LogP contribution in [0.1, 0.15) is 12.7 Å². The number of hydrogen-bond donors (Lipinski definition) is 0. The van der Waals surface area contributed by atoms with Gasteiger partial charge in [-0.2, -0.15) is 0 Å². The molecule has 0 aliphatic rings. The van der Waals surface area contributed by atoms with Gasteiger partial charge in [-0.3, -0.25) is 4.79 Å². The Morgan fingerprint density at radius 2 is 2.12 bits per heavy atom. The van der Waals surface area contributed by atoms with Gasteiger partial charge in [0.15, 0.2) is 0 Å². The summed E-state index contributed by atoms with van der Waals surface area (Å²) in [5.74, 6) is 1.45. The molecule has 2 rings (SSSR count). The third-order valence-corrected chi connectivity index (χ3v) is 3.27. The van der Waals surface area contributed by atoms with Gasteiger partial charge in [-0.25, -0.2) is 0 Å². The summed E-state index contributed by atoms with van der Waals surface area (Å²) in [4.78, 5) is 11.0. The van der Waals surface area contributed by atoms with Crippen LogP contribution in [-0.2, 0) is 11.2 Å². The maximum absolute atomic E-state index is 11.0. The summed E-state index contributed by atoms with van der Waals surface area (Å²) in [6.45, 7) is 1.54. The lowest BCUT2D eigenvalue weighted by Crippen LogP contribution is -1.93. The zero-order valence-corrected chi connectivity index (χ0v) is 12.1. The number of carbonyl (C=O) groups excluding carboxylic acids is 1. The van der Waals surface area contributed by atoms with Crippen molar-refractivity contribution in [3.63, 3.8) is 0 Å². The minimum atomic E-state index is 0.0830. The first-order valence-electron chi connectivity index (χ1n) is 5.10. The van der Waals surface area contributed by atoms with Crippen molar-refractivity contribution in [2.45, 2.75) is 13.3 Å². The average Bonchev–Trinajstić information content (AvgIpc) is 2.65. The molecule has 88 valence electrons. The monoisotopic (exact) mass is 360 g/mol. The molecule has 1 aromatic carbocycles. The number of furan rings is 1. The van der Waals surface area contributed by atoms with Crippen molar-refractivity contribution in [2.24, 2.45) is 0 Å². The Hall–Kier alpha value is -0.810. The molecule has 4 heteroatoms. The van der Waals surface area contributed by atoms with Gasteiger partial charge in [0, 0.05) is 9.13 Å². The number of halogens is 2. The summed E-state index contributed by atoms with van der Waals surface area (Å²) in [6.07, 6.45) is 0.321. The van der Waals surface area contributed by atoms with Gasteiger partial charge >= 0.3 is 0 Å². The van der Waals surface area contributed by atoms with E-state index in [-0.39, 0.29) is 5.78 Å². The second-order valence-corrected chi connectivity index (χ2v) is 5.42. The molecule has 1 heterocycles. The lowest BCUT2D eigenvalue weighted by atomic mass is 10.2. The zero-order chi connectivity index (χ0) is 12.4. The highest BCUT2D eigenvalue weighted by molar-refractivity contribution is 14.1. The summed E-state index contributed by atoms with van der Waals surface area (Å²) >= 11 is 8.35. The molecule has 2 aromatic rings. The summed E-state index contributed by atoms with van der Waals surface area (Å²) in [5.41, 5.74) is 0.849. The van der Waals surface area contributed by atoms with Gasteiger partial charge in [0.1, 0.15) is 17.3 Å². The van der Waals surface area contributed by atoms with Gasteiger partial charge in [-0.15, -0.1) is 0 Å². The van der Waals surface area contributed by atoms with Crippen molar-refractivity contribution < 1.29 is 9.21 Å². The second kappa shape index (κ2) is 5.23. The summed E-state index contributed by atoms with van der Waals surface area (Å²) in [5, 5.41) is 0.653. The minimum Gasteiger partial charge on any atom is -0.461 e. The SMILES string of the molecule is CC(=O)Cc1ccc(-c2ccc(I)cc2Cl)o1. The lowest BCUT2D eigenvalue weighted by Gasteiger charge is -2.01. The molecule has 0 radical (unpaired) electrons. The van der Waals surface area contributed by atoms with Gasteiger partial charge in [0.25, 0.3) is 0 Å². The Labute approximate surface area is 118 Å². The van der Waals surface area contributed by atoms with Crippen LogP contribution in [0.25, 0.3) is 11.3 Å². The van der Waals surface area contributed by atoms with Crippen molar-refractivity contribution >= 4 is 40.0 Å². The Bertz CT molecular complexity index is 560. The Morgan fingerprint density at radius 1 is 1.35 bits per heavy atom. The quantitative estimate of drug-likeness (QED) is 0.762. The number of benzene rings is 1. The lowest BCUT2D eigenvalue weighted by molar-refractivity contribution is -0.116. The Morgan fingerprint density at radius 3 is 2.76 bits per heavy atom. The van der Waals surface area contributed by atoms with Crippen molar-refractivity contribution in [1.82, 2.24) is 0 Å². The molecule has 0 spiro atoms. The molecule has 0 aliphatic heterocycles. The fraction of sp³-hybridized carbons (Fsp3) is 0.154. The van der Waals surface area contributed by atoms with E-state index in [1.807, 2.05) is 30.3 Å². The topological polar surface area (TPSA) is 30.2 Å². The molecule has 0 N–H and O–H groups in total. The van der Waals surface area contributed by atoms with Crippen LogP contribution < -0.4 is 0 Å². The van der Waals surface area contributed by atoms with E-state index in [1.54, 1.807) is 6.92 Å². The molecule has 17 heavy (non-hydrogen) atoms. The van der Waals surface area contributed by atoms with E-state index in [0.717, 1.165) is 9.13 Å². The van der Waals surface area contributed by atoms with Gasteiger partial charge in [-0.1, -0.05) is 11.6 Å².